The van der Waals surface area contributed by atoms with Crippen molar-refractivity contribution in [2.24, 2.45) is 0 Å². The number of pyridine rings is 1. The molecule has 2 heterocycles. The van der Waals surface area contributed by atoms with Crippen molar-refractivity contribution in [1.82, 2.24) is 9.58 Å². The van der Waals surface area contributed by atoms with Crippen LogP contribution in [0.25, 0.3) is 0 Å². The number of fused-ring (bicyclic) bond motifs is 1. The molecule has 0 saturated heterocycles. The quantitative estimate of drug-likeness (QED) is 0.821. The van der Waals surface area contributed by atoms with E-state index >= 15 is 0 Å². The number of benzene rings is 1. The van der Waals surface area contributed by atoms with Gasteiger partial charge in [-0.05, 0) is 12.0 Å². The molecule has 0 radical (unpaired) electrons. The molecule has 1 aromatic carbocycles. The van der Waals surface area contributed by atoms with Crippen molar-refractivity contribution in [3.63, 3.8) is 0 Å². The number of aromatic nitrogens is 1. The molecule has 1 aliphatic heterocycles. The maximum absolute atomic E-state index is 13.0. The fraction of sp³-hybridized carbons (Fsp3) is 0.263. The molecule has 1 amide bonds. The largest absolute Gasteiger partial charge is 0.482 e. The van der Waals surface area contributed by atoms with Crippen LogP contribution < -0.4 is 15.6 Å². The van der Waals surface area contributed by atoms with Gasteiger partial charge in [-0.25, -0.2) is 0 Å². The number of carbonyl (C=O) groups is 1. The average Bonchev–Trinajstić information content (AvgIpc) is 2.64. The summed E-state index contributed by atoms with van der Waals surface area (Å²) in [7, 11) is 0. The molecule has 0 saturated carbocycles. The standard InChI is InChI=1S/C19H21N3O3/c1-3-15(4-2)21-13-20-22-11-10-16(23)18(17(22)19(21)24)25-12-14-8-6-5-7-9-14/h3,5-11,15,20H,1,4,12-13H2,2H3. The third-order valence-electron chi connectivity index (χ3n) is 4.25. The predicted molar refractivity (Wildman–Crippen MR) is 96.1 cm³/mol. The molecule has 1 atom stereocenters. The minimum atomic E-state index is -0.314. The zero-order valence-corrected chi connectivity index (χ0v) is 14.1. The van der Waals surface area contributed by atoms with E-state index in [1.165, 1.54) is 6.07 Å². The first kappa shape index (κ1) is 16.8. The Hall–Kier alpha value is -3.02. The lowest BCUT2D eigenvalue weighted by atomic mass is 10.1. The summed E-state index contributed by atoms with van der Waals surface area (Å²) < 4.78 is 7.29. The molecule has 0 spiro atoms. The van der Waals surface area contributed by atoms with E-state index in [9.17, 15) is 9.59 Å². The van der Waals surface area contributed by atoms with Crippen LogP contribution in [-0.4, -0.2) is 28.2 Å². The van der Waals surface area contributed by atoms with Crippen LogP contribution in [0.4, 0.5) is 0 Å². The van der Waals surface area contributed by atoms with Gasteiger partial charge in [0.25, 0.3) is 5.91 Å². The minimum absolute atomic E-state index is 0.0625. The zero-order chi connectivity index (χ0) is 17.8. The van der Waals surface area contributed by atoms with Gasteiger partial charge in [-0.1, -0.05) is 43.3 Å². The highest BCUT2D eigenvalue weighted by Crippen LogP contribution is 2.21. The van der Waals surface area contributed by atoms with E-state index in [4.69, 9.17) is 4.74 Å². The fourth-order valence-corrected chi connectivity index (χ4v) is 2.86. The SMILES string of the molecule is C=CC(CC)N1CNn2ccc(=O)c(OCc3ccccc3)c2C1=O. The first-order valence-electron chi connectivity index (χ1n) is 8.25. The second-order valence-corrected chi connectivity index (χ2v) is 5.80. The van der Waals surface area contributed by atoms with Crippen molar-refractivity contribution < 1.29 is 9.53 Å². The summed E-state index contributed by atoms with van der Waals surface area (Å²) in [4.78, 5) is 26.9. The first-order chi connectivity index (χ1) is 12.2. The van der Waals surface area contributed by atoms with E-state index in [1.54, 1.807) is 21.8 Å². The van der Waals surface area contributed by atoms with Gasteiger partial charge in [0.05, 0.1) is 6.04 Å². The van der Waals surface area contributed by atoms with E-state index in [2.05, 4.69) is 12.0 Å². The van der Waals surface area contributed by atoms with Crippen LogP contribution in [0.15, 0.2) is 60.0 Å². The number of nitrogens with zero attached hydrogens (tertiary/aromatic N) is 2. The van der Waals surface area contributed by atoms with Crippen LogP contribution in [0.1, 0.15) is 29.4 Å². The van der Waals surface area contributed by atoms with Crippen molar-refractivity contribution in [3.8, 4) is 5.75 Å². The zero-order valence-electron chi connectivity index (χ0n) is 14.1. The van der Waals surface area contributed by atoms with Gasteiger partial charge in [-0.3, -0.25) is 14.3 Å². The average molecular weight is 339 g/mol. The van der Waals surface area contributed by atoms with Gasteiger partial charge in [0.15, 0.2) is 11.4 Å². The third kappa shape index (κ3) is 3.28. The lowest BCUT2D eigenvalue weighted by Gasteiger charge is -2.35. The Morgan fingerprint density at radius 1 is 1.28 bits per heavy atom. The molecule has 0 bridgehead atoms. The van der Waals surface area contributed by atoms with Gasteiger partial charge in [-0.15, -0.1) is 6.58 Å². The molecule has 6 nitrogen and oxygen atoms in total. The van der Waals surface area contributed by atoms with E-state index in [1.807, 2.05) is 37.3 Å². The highest BCUT2D eigenvalue weighted by molar-refractivity contribution is 5.96. The third-order valence-corrected chi connectivity index (χ3v) is 4.25. The summed E-state index contributed by atoms with van der Waals surface area (Å²) in [5.74, 6) is -0.182. The number of carbonyl (C=O) groups excluding carboxylic acids is 1. The van der Waals surface area contributed by atoms with Crippen molar-refractivity contribution >= 4 is 5.91 Å². The Morgan fingerprint density at radius 2 is 2.04 bits per heavy atom. The topological polar surface area (TPSA) is 63.6 Å². The van der Waals surface area contributed by atoms with Crippen LogP contribution in [0, 0.1) is 0 Å². The molecule has 1 N–H and O–H groups in total. The van der Waals surface area contributed by atoms with E-state index in [0.29, 0.717) is 6.67 Å². The molecule has 2 aromatic rings. The summed E-state index contributed by atoms with van der Waals surface area (Å²) >= 11 is 0. The normalized spacial score (nSPS) is 14.4. The van der Waals surface area contributed by atoms with E-state index in [0.717, 1.165) is 12.0 Å². The Bertz CT molecular complexity index is 830. The van der Waals surface area contributed by atoms with E-state index in [-0.39, 0.29) is 35.4 Å². The fourth-order valence-electron chi connectivity index (χ4n) is 2.86. The summed E-state index contributed by atoms with van der Waals surface area (Å²) in [5, 5.41) is 0. The van der Waals surface area contributed by atoms with Gasteiger partial charge >= 0.3 is 0 Å². The number of nitrogens with one attached hydrogen (secondary N) is 1. The second kappa shape index (κ2) is 7.25. The number of hydrogen-bond donors (Lipinski definition) is 1. The Balaban J connectivity index is 1.94. The van der Waals surface area contributed by atoms with Crippen molar-refractivity contribution in [2.75, 3.05) is 12.1 Å². The lowest BCUT2D eigenvalue weighted by Crippen LogP contribution is -2.50. The summed E-state index contributed by atoms with van der Waals surface area (Å²) in [5.41, 5.74) is 3.94. The number of amides is 1. The maximum Gasteiger partial charge on any atom is 0.278 e. The Morgan fingerprint density at radius 3 is 2.72 bits per heavy atom. The molecular weight excluding hydrogens is 318 g/mol. The number of hydrogen-bond acceptors (Lipinski definition) is 4. The van der Waals surface area contributed by atoms with Crippen LogP contribution in [0.2, 0.25) is 0 Å². The minimum Gasteiger partial charge on any atom is -0.482 e. The Labute approximate surface area is 146 Å². The van der Waals surface area contributed by atoms with Crippen LogP contribution in [-0.2, 0) is 6.61 Å². The first-order valence-corrected chi connectivity index (χ1v) is 8.25. The van der Waals surface area contributed by atoms with Crippen LogP contribution in [0.3, 0.4) is 0 Å². The molecule has 1 aliphatic rings. The van der Waals surface area contributed by atoms with Gasteiger partial charge in [0.2, 0.25) is 5.43 Å². The van der Waals surface area contributed by atoms with Gasteiger partial charge in [0, 0.05) is 12.3 Å². The van der Waals surface area contributed by atoms with Crippen LogP contribution >= 0.6 is 0 Å². The maximum atomic E-state index is 13.0. The van der Waals surface area contributed by atoms with Crippen molar-refractivity contribution in [2.45, 2.75) is 26.0 Å². The summed E-state index contributed by atoms with van der Waals surface area (Å²) in [6, 6.07) is 10.8. The molecule has 1 unspecified atom stereocenters. The van der Waals surface area contributed by atoms with Gasteiger partial charge in [0.1, 0.15) is 13.3 Å². The lowest BCUT2D eigenvalue weighted by molar-refractivity contribution is 0.0672. The summed E-state index contributed by atoms with van der Waals surface area (Å²) in [6.45, 7) is 6.34. The molecule has 0 fully saturated rings. The van der Waals surface area contributed by atoms with Crippen molar-refractivity contribution in [3.05, 3.63) is 76.7 Å². The highest BCUT2D eigenvalue weighted by Gasteiger charge is 2.31. The summed E-state index contributed by atoms with van der Waals surface area (Å²) in [6.07, 6.45) is 4.03. The molecule has 0 aliphatic carbocycles. The predicted octanol–water partition coefficient (Wildman–Crippen LogP) is 2.35. The van der Waals surface area contributed by atoms with Crippen molar-refractivity contribution in [1.29, 1.82) is 0 Å². The molecule has 1 aromatic heterocycles. The smallest absolute Gasteiger partial charge is 0.278 e. The number of rotatable bonds is 6. The molecule has 6 heteroatoms. The molecular formula is C19H21N3O3. The highest BCUT2D eigenvalue weighted by atomic mass is 16.5. The van der Waals surface area contributed by atoms with Gasteiger partial charge < -0.3 is 15.1 Å². The monoisotopic (exact) mass is 339 g/mol. The molecule has 25 heavy (non-hydrogen) atoms. The number of ether oxygens (including phenoxy) is 1. The van der Waals surface area contributed by atoms with Crippen LogP contribution in [0.5, 0.6) is 5.75 Å². The van der Waals surface area contributed by atoms with E-state index < -0.39 is 0 Å². The second-order valence-electron chi connectivity index (χ2n) is 5.80. The molecule has 3 rings (SSSR count). The molecule has 130 valence electrons. The van der Waals surface area contributed by atoms with Gasteiger partial charge in [-0.2, -0.15) is 0 Å². The Kier molecular flexibility index (Phi) is 4.88.